The van der Waals surface area contributed by atoms with Crippen molar-refractivity contribution in [1.82, 2.24) is 4.90 Å². The first-order valence-electron chi connectivity index (χ1n) is 6.62. The van der Waals surface area contributed by atoms with E-state index in [0.29, 0.717) is 17.7 Å². The van der Waals surface area contributed by atoms with Crippen LogP contribution in [-0.4, -0.2) is 43.0 Å². The number of hydrogen-bond donors (Lipinski definition) is 0. The van der Waals surface area contributed by atoms with Crippen LogP contribution in [-0.2, 0) is 9.53 Å². The van der Waals surface area contributed by atoms with Crippen LogP contribution in [0.4, 0.5) is 0 Å². The summed E-state index contributed by atoms with van der Waals surface area (Å²) in [6.45, 7) is 5.79. The second kappa shape index (κ2) is 5.78. The highest BCUT2D eigenvalue weighted by Crippen LogP contribution is 2.22. The summed E-state index contributed by atoms with van der Waals surface area (Å²) in [5, 5.41) is 0. The third kappa shape index (κ3) is 3.05. The van der Waals surface area contributed by atoms with Gasteiger partial charge in [0.05, 0.1) is 13.2 Å². The molecule has 0 amide bonds. The summed E-state index contributed by atoms with van der Waals surface area (Å²) in [7, 11) is 0. The van der Waals surface area contributed by atoms with Crippen molar-refractivity contribution in [3.8, 4) is 0 Å². The van der Waals surface area contributed by atoms with Gasteiger partial charge in [0.15, 0.2) is 0 Å². The zero-order valence-electron chi connectivity index (χ0n) is 10.3. The third-order valence-corrected chi connectivity index (χ3v) is 3.89. The summed E-state index contributed by atoms with van der Waals surface area (Å²) < 4.78 is 5.43. The van der Waals surface area contributed by atoms with Gasteiger partial charge in [-0.3, -0.25) is 9.69 Å². The van der Waals surface area contributed by atoms with Gasteiger partial charge in [0.2, 0.25) is 0 Å². The molecule has 0 radical (unpaired) electrons. The van der Waals surface area contributed by atoms with Crippen LogP contribution in [0.25, 0.3) is 0 Å². The van der Waals surface area contributed by atoms with Crippen molar-refractivity contribution in [1.29, 1.82) is 0 Å². The Labute approximate surface area is 98.1 Å². The first-order valence-corrected chi connectivity index (χ1v) is 6.62. The number of nitrogens with zero attached hydrogens (tertiary/aromatic N) is 1. The van der Waals surface area contributed by atoms with Crippen LogP contribution in [0.5, 0.6) is 0 Å². The van der Waals surface area contributed by atoms with Crippen LogP contribution in [0.1, 0.15) is 39.0 Å². The molecule has 2 fully saturated rings. The molecule has 16 heavy (non-hydrogen) atoms. The summed E-state index contributed by atoms with van der Waals surface area (Å²) in [5.41, 5.74) is 0. The van der Waals surface area contributed by atoms with E-state index in [0.717, 1.165) is 45.6 Å². The highest BCUT2D eigenvalue weighted by atomic mass is 16.5. The van der Waals surface area contributed by atoms with E-state index in [2.05, 4.69) is 11.8 Å². The van der Waals surface area contributed by atoms with E-state index in [9.17, 15) is 4.79 Å². The van der Waals surface area contributed by atoms with Crippen molar-refractivity contribution in [3.63, 3.8) is 0 Å². The van der Waals surface area contributed by atoms with Gasteiger partial charge in [-0.1, -0.05) is 12.8 Å². The number of carbonyl (C=O) groups excluding carboxylic acids is 1. The number of Topliss-reactive ketones (excluding diaryl/α,β-unsaturated/α-hetero) is 1. The number of ketones is 1. The fraction of sp³-hybridized carbons (Fsp3) is 0.923. The maximum absolute atomic E-state index is 11.9. The van der Waals surface area contributed by atoms with E-state index in [1.807, 2.05) is 0 Å². The highest BCUT2D eigenvalue weighted by Gasteiger charge is 2.26. The maximum Gasteiger partial charge on any atom is 0.137 e. The molecule has 1 saturated carbocycles. The van der Waals surface area contributed by atoms with Gasteiger partial charge in [-0.2, -0.15) is 0 Å². The molecule has 0 bridgehead atoms. The molecular weight excluding hydrogens is 202 g/mol. The topological polar surface area (TPSA) is 29.5 Å². The largest absolute Gasteiger partial charge is 0.379 e. The molecule has 1 saturated heterocycles. The smallest absolute Gasteiger partial charge is 0.137 e. The van der Waals surface area contributed by atoms with Gasteiger partial charge in [0, 0.05) is 31.5 Å². The minimum atomic E-state index is 0.294. The minimum absolute atomic E-state index is 0.294. The molecule has 3 heteroatoms. The standard InChI is InChI=1S/C13H23NO2/c1-11-10-16-8-7-14(11)9-12-5-3-2-4-6-13(12)15/h11-12H,2-10H2,1H3. The van der Waals surface area contributed by atoms with Gasteiger partial charge in [0.1, 0.15) is 5.78 Å². The molecule has 0 N–H and O–H groups in total. The monoisotopic (exact) mass is 225 g/mol. The molecule has 0 spiro atoms. The van der Waals surface area contributed by atoms with Crippen molar-refractivity contribution in [3.05, 3.63) is 0 Å². The summed E-state index contributed by atoms with van der Waals surface area (Å²) in [5.74, 6) is 0.791. The van der Waals surface area contributed by atoms with E-state index in [4.69, 9.17) is 4.74 Å². The lowest BCUT2D eigenvalue weighted by Crippen LogP contribution is -2.46. The minimum Gasteiger partial charge on any atom is -0.379 e. The van der Waals surface area contributed by atoms with E-state index in [1.165, 1.54) is 12.8 Å². The van der Waals surface area contributed by atoms with Crippen LogP contribution in [0, 0.1) is 5.92 Å². The number of hydrogen-bond acceptors (Lipinski definition) is 3. The fourth-order valence-electron chi connectivity index (χ4n) is 2.74. The predicted molar refractivity (Wildman–Crippen MR) is 63.4 cm³/mol. The Bertz CT molecular complexity index is 242. The van der Waals surface area contributed by atoms with Crippen LogP contribution in [0.15, 0.2) is 0 Å². The molecule has 2 unspecified atom stereocenters. The zero-order valence-corrected chi connectivity index (χ0v) is 10.3. The molecule has 0 aromatic carbocycles. The van der Waals surface area contributed by atoms with Gasteiger partial charge < -0.3 is 4.74 Å². The number of rotatable bonds is 2. The van der Waals surface area contributed by atoms with E-state index < -0.39 is 0 Å². The van der Waals surface area contributed by atoms with Gasteiger partial charge in [-0.05, 0) is 19.8 Å². The zero-order chi connectivity index (χ0) is 11.4. The molecule has 0 aromatic heterocycles. The van der Waals surface area contributed by atoms with Crippen molar-refractivity contribution in [2.75, 3.05) is 26.3 Å². The number of morpholine rings is 1. The van der Waals surface area contributed by atoms with Gasteiger partial charge >= 0.3 is 0 Å². The van der Waals surface area contributed by atoms with Gasteiger partial charge in [-0.15, -0.1) is 0 Å². The highest BCUT2D eigenvalue weighted by molar-refractivity contribution is 5.81. The van der Waals surface area contributed by atoms with E-state index in [1.54, 1.807) is 0 Å². The van der Waals surface area contributed by atoms with Gasteiger partial charge in [0.25, 0.3) is 0 Å². The first-order chi connectivity index (χ1) is 7.77. The van der Waals surface area contributed by atoms with Crippen LogP contribution >= 0.6 is 0 Å². The Morgan fingerprint density at radius 1 is 1.38 bits per heavy atom. The first kappa shape index (κ1) is 12.1. The van der Waals surface area contributed by atoms with E-state index in [-0.39, 0.29) is 0 Å². The van der Waals surface area contributed by atoms with E-state index >= 15 is 0 Å². The lowest BCUT2D eigenvalue weighted by Gasteiger charge is -2.35. The summed E-state index contributed by atoms with van der Waals surface area (Å²) >= 11 is 0. The molecule has 3 nitrogen and oxygen atoms in total. The average Bonchev–Trinajstić information content (AvgIpc) is 2.48. The SMILES string of the molecule is CC1COCCN1CC1CCCCCC1=O. The summed E-state index contributed by atoms with van der Waals surface area (Å²) in [6.07, 6.45) is 5.48. The second-order valence-corrected chi connectivity index (χ2v) is 5.18. The van der Waals surface area contributed by atoms with Crippen molar-refractivity contribution < 1.29 is 9.53 Å². The Morgan fingerprint density at radius 2 is 2.25 bits per heavy atom. The van der Waals surface area contributed by atoms with Gasteiger partial charge in [-0.25, -0.2) is 0 Å². The third-order valence-electron chi connectivity index (χ3n) is 3.89. The second-order valence-electron chi connectivity index (χ2n) is 5.18. The molecular formula is C13H23NO2. The normalized spacial score (nSPS) is 33.7. The lowest BCUT2D eigenvalue weighted by atomic mass is 9.97. The molecule has 2 rings (SSSR count). The van der Waals surface area contributed by atoms with Crippen molar-refractivity contribution in [2.45, 2.75) is 45.1 Å². The Hall–Kier alpha value is -0.410. The molecule has 92 valence electrons. The van der Waals surface area contributed by atoms with Crippen LogP contribution < -0.4 is 0 Å². The molecule has 1 aliphatic carbocycles. The maximum atomic E-state index is 11.9. The quantitative estimate of drug-likeness (QED) is 0.672. The Morgan fingerprint density at radius 3 is 3.06 bits per heavy atom. The van der Waals surface area contributed by atoms with Crippen molar-refractivity contribution >= 4 is 5.78 Å². The van der Waals surface area contributed by atoms with Crippen molar-refractivity contribution in [2.24, 2.45) is 5.92 Å². The molecule has 1 heterocycles. The number of carbonyl (C=O) groups is 1. The van der Waals surface area contributed by atoms with Crippen LogP contribution in [0.2, 0.25) is 0 Å². The molecule has 2 aliphatic rings. The predicted octanol–water partition coefficient (Wildman–Crippen LogP) is 1.86. The Balaban J connectivity index is 1.88. The number of ether oxygens (including phenoxy) is 1. The molecule has 0 aromatic rings. The summed E-state index contributed by atoms with van der Waals surface area (Å²) in [4.78, 5) is 14.4. The lowest BCUT2D eigenvalue weighted by molar-refractivity contribution is -0.124. The average molecular weight is 225 g/mol. The molecule has 1 aliphatic heterocycles. The van der Waals surface area contributed by atoms with Crippen LogP contribution in [0.3, 0.4) is 0 Å². The fourth-order valence-corrected chi connectivity index (χ4v) is 2.74. The Kier molecular flexibility index (Phi) is 4.36. The molecule has 2 atom stereocenters. The summed E-state index contributed by atoms with van der Waals surface area (Å²) in [6, 6.07) is 0.477.